The lowest BCUT2D eigenvalue weighted by molar-refractivity contribution is -0.155. The summed E-state index contributed by atoms with van der Waals surface area (Å²) < 4.78 is 35.2. The number of amides is 1. The predicted octanol–water partition coefficient (Wildman–Crippen LogP) is 5.33. The van der Waals surface area contributed by atoms with Gasteiger partial charge in [-0.2, -0.15) is 0 Å². The highest BCUT2D eigenvalue weighted by molar-refractivity contribution is 7.90. The summed E-state index contributed by atoms with van der Waals surface area (Å²) in [5, 5.41) is 0.171. The van der Waals surface area contributed by atoms with Crippen molar-refractivity contribution in [2.45, 2.75) is 76.8 Å². The Hall–Kier alpha value is -3.50. The molecule has 1 heterocycles. The maximum Gasteiger partial charge on any atom is 0.306 e. The molecular weight excluding hydrogens is 554 g/mol. The fourth-order valence-corrected chi connectivity index (χ4v) is 5.56. The molecule has 1 amide bonds. The van der Waals surface area contributed by atoms with Crippen LogP contribution in [0.4, 0.5) is 0 Å². The Morgan fingerprint density at radius 2 is 1.75 bits per heavy atom. The molecule has 0 aliphatic carbocycles. The van der Waals surface area contributed by atoms with Gasteiger partial charge in [-0.25, -0.2) is 18.1 Å². The van der Waals surface area contributed by atoms with Gasteiger partial charge in [0.25, 0.3) is 10.0 Å². The number of ether oxygens (including phenoxy) is 1. The first-order chi connectivity index (χ1) is 18.8. The maximum atomic E-state index is 13.1. The van der Waals surface area contributed by atoms with E-state index in [-0.39, 0.29) is 22.9 Å². The van der Waals surface area contributed by atoms with Crippen molar-refractivity contribution in [3.63, 3.8) is 0 Å². The number of benzene rings is 2. The minimum absolute atomic E-state index is 0.0696. The highest BCUT2D eigenvalue weighted by Gasteiger charge is 2.23. The van der Waals surface area contributed by atoms with E-state index in [1.54, 1.807) is 55.7 Å². The lowest BCUT2D eigenvalue weighted by Gasteiger charge is -2.19. The molecule has 1 N–H and O–H groups in total. The summed E-state index contributed by atoms with van der Waals surface area (Å²) in [6.07, 6.45) is 2.70. The molecule has 3 aromatic rings. The average Bonchev–Trinajstić information content (AvgIpc) is 3.19. The monoisotopic (exact) mass is 587 g/mol. The fourth-order valence-electron chi connectivity index (χ4n) is 4.07. The number of nitrogens with one attached hydrogen (secondary N) is 1. The van der Waals surface area contributed by atoms with Crippen LogP contribution in [0.15, 0.2) is 53.4 Å². The molecule has 11 heteroatoms. The maximum absolute atomic E-state index is 13.1. The van der Waals surface area contributed by atoms with E-state index >= 15 is 0 Å². The molecule has 0 bridgehead atoms. The molecule has 0 atom stereocenters. The molecule has 1 aromatic heterocycles. The number of carbonyl (C=O) groups is 3. The summed E-state index contributed by atoms with van der Waals surface area (Å²) in [5.74, 6) is -0.659. The van der Waals surface area contributed by atoms with Crippen molar-refractivity contribution in [3.8, 4) is 11.1 Å². The van der Waals surface area contributed by atoms with E-state index in [4.69, 9.17) is 16.3 Å². The van der Waals surface area contributed by atoms with E-state index in [1.807, 2.05) is 12.1 Å². The molecule has 0 radical (unpaired) electrons. The van der Waals surface area contributed by atoms with Crippen molar-refractivity contribution in [1.82, 2.24) is 14.3 Å². The highest BCUT2D eigenvalue weighted by Crippen LogP contribution is 2.28. The first-order valence-electron chi connectivity index (χ1n) is 13.0. The number of rotatable bonds is 12. The number of nitrogens with zero attached hydrogens (tertiary/aromatic N) is 2. The van der Waals surface area contributed by atoms with Crippen LogP contribution in [0.1, 0.15) is 75.3 Å². The van der Waals surface area contributed by atoms with Crippen LogP contribution in [-0.4, -0.2) is 41.7 Å². The van der Waals surface area contributed by atoms with Gasteiger partial charge in [-0.3, -0.25) is 14.4 Å². The van der Waals surface area contributed by atoms with Crippen LogP contribution in [0.2, 0.25) is 5.15 Å². The first kappa shape index (κ1) is 31.0. The Balaban J connectivity index is 1.78. The lowest BCUT2D eigenvalue weighted by Crippen LogP contribution is -2.32. The Morgan fingerprint density at radius 1 is 1.07 bits per heavy atom. The van der Waals surface area contributed by atoms with Crippen LogP contribution in [0.3, 0.4) is 0 Å². The van der Waals surface area contributed by atoms with Gasteiger partial charge in [0.15, 0.2) is 11.4 Å². The SMILES string of the molecule is CCCCc1nc(Cl)c(C=O)n1Cc1ccc(-c2ccccc2S(=O)(=O)NC(=O)CCC(=O)OC(C)(C)C)cc1. The van der Waals surface area contributed by atoms with E-state index in [2.05, 4.69) is 16.6 Å². The summed E-state index contributed by atoms with van der Waals surface area (Å²) in [6.45, 7) is 7.57. The van der Waals surface area contributed by atoms with E-state index in [0.29, 0.717) is 36.1 Å². The molecule has 0 fully saturated rings. The predicted molar refractivity (Wildman–Crippen MR) is 153 cm³/mol. The van der Waals surface area contributed by atoms with E-state index in [9.17, 15) is 22.8 Å². The van der Waals surface area contributed by atoms with Crippen LogP contribution < -0.4 is 4.72 Å². The standard InChI is InChI=1S/C29H34ClN3O6S/c1-5-6-11-25-31-28(30)23(19-34)33(25)18-20-12-14-21(15-13-20)22-9-7-8-10-24(22)40(37,38)32-26(35)16-17-27(36)39-29(2,3)4/h7-10,12-15,19H,5-6,11,16-18H2,1-4H3,(H,32,35). The molecule has 0 spiro atoms. The molecule has 0 saturated carbocycles. The number of imidazole rings is 1. The third-order valence-corrected chi connectivity index (χ3v) is 7.62. The summed E-state index contributed by atoms with van der Waals surface area (Å²) in [4.78, 5) is 40.2. The van der Waals surface area contributed by atoms with Crippen LogP contribution >= 0.6 is 11.6 Å². The summed E-state index contributed by atoms with van der Waals surface area (Å²) in [6, 6.07) is 13.6. The summed E-state index contributed by atoms with van der Waals surface area (Å²) in [7, 11) is -4.22. The normalized spacial score (nSPS) is 11.7. The van der Waals surface area contributed by atoms with Gasteiger partial charge >= 0.3 is 5.97 Å². The Labute approximate surface area is 240 Å². The average molecular weight is 588 g/mol. The second kappa shape index (κ2) is 13.2. The molecular formula is C29H34ClN3O6S. The number of hydrogen-bond acceptors (Lipinski definition) is 7. The third kappa shape index (κ3) is 8.25. The van der Waals surface area contributed by atoms with Crippen molar-refractivity contribution < 1.29 is 27.5 Å². The minimum atomic E-state index is -4.22. The first-order valence-corrected chi connectivity index (χ1v) is 14.9. The number of halogens is 1. The number of unbranched alkanes of at least 4 members (excludes halogenated alkanes) is 1. The zero-order valence-electron chi connectivity index (χ0n) is 23.1. The molecule has 3 rings (SSSR count). The van der Waals surface area contributed by atoms with Gasteiger partial charge in [0, 0.05) is 24.9 Å². The van der Waals surface area contributed by atoms with Gasteiger partial charge in [0.2, 0.25) is 5.91 Å². The topological polar surface area (TPSA) is 124 Å². The fraction of sp³-hybridized carbons (Fsp3) is 0.379. The second-order valence-electron chi connectivity index (χ2n) is 10.3. The number of carbonyl (C=O) groups excluding carboxylic acids is 3. The molecule has 2 aromatic carbocycles. The van der Waals surface area contributed by atoms with Crippen LogP contribution in [0.25, 0.3) is 11.1 Å². The van der Waals surface area contributed by atoms with Gasteiger partial charge in [0.1, 0.15) is 17.1 Å². The van der Waals surface area contributed by atoms with E-state index in [0.717, 1.165) is 24.2 Å². The van der Waals surface area contributed by atoms with E-state index < -0.39 is 27.5 Å². The van der Waals surface area contributed by atoms with Gasteiger partial charge in [-0.05, 0) is 44.4 Å². The molecule has 0 aliphatic heterocycles. The highest BCUT2D eigenvalue weighted by atomic mass is 35.5. The quantitative estimate of drug-likeness (QED) is 0.224. The Morgan fingerprint density at radius 3 is 2.38 bits per heavy atom. The molecule has 0 unspecified atom stereocenters. The van der Waals surface area contributed by atoms with Gasteiger partial charge < -0.3 is 9.30 Å². The molecule has 9 nitrogen and oxygen atoms in total. The minimum Gasteiger partial charge on any atom is -0.460 e. The summed E-state index contributed by atoms with van der Waals surface area (Å²) in [5.41, 5.74) is 1.51. The number of aryl methyl sites for hydroxylation is 1. The number of aromatic nitrogens is 2. The Bertz CT molecular complexity index is 1470. The van der Waals surface area contributed by atoms with E-state index in [1.165, 1.54) is 6.07 Å². The smallest absolute Gasteiger partial charge is 0.306 e. The van der Waals surface area contributed by atoms with Crippen molar-refractivity contribution in [2.24, 2.45) is 0 Å². The molecule has 214 valence electrons. The van der Waals surface area contributed by atoms with Crippen LogP contribution in [-0.2, 0) is 37.3 Å². The largest absolute Gasteiger partial charge is 0.460 e. The molecule has 0 aliphatic rings. The number of aldehydes is 1. The lowest BCUT2D eigenvalue weighted by atomic mass is 10.0. The summed E-state index contributed by atoms with van der Waals surface area (Å²) >= 11 is 6.18. The van der Waals surface area contributed by atoms with Gasteiger partial charge in [-0.1, -0.05) is 67.4 Å². The van der Waals surface area contributed by atoms with Crippen molar-refractivity contribution in [3.05, 3.63) is 70.8 Å². The van der Waals surface area contributed by atoms with Crippen LogP contribution in [0, 0.1) is 0 Å². The zero-order chi connectivity index (χ0) is 29.5. The second-order valence-corrected chi connectivity index (χ2v) is 12.3. The third-order valence-electron chi connectivity index (χ3n) is 5.91. The zero-order valence-corrected chi connectivity index (χ0v) is 24.6. The van der Waals surface area contributed by atoms with Crippen molar-refractivity contribution in [2.75, 3.05) is 0 Å². The number of hydrogen-bond donors (Lipinski definition) is 1. The van der Waals surface area contributed by atoms with Gasteiger partial charge in [0.05, 0.1) is 11.3 Å². The van der Waals surface area contributed by atoms with Crippen LogP contribution in [0.5, 0.6) is 0 Å². The molecule has 40 heavy (non-hydrogen) atoms. The number of sulfonamides is 1. The van der Waals surface area contributed by atoms with Crippen molar-refractivity contribution >= 4 is 39.8 Å². The molecule has 0 saturated heterocycles. The van der Waals surface area contributed by atoms with Gasteiger partial charge in [-0.15, -0.1) is 0 Å². The number of esters is 1. The van der Waals surface area contributed by atoms with Crippen molar-refractivity contribution in [1.29, 1.82) is 0 Å². The Kier molecular flexibility index (Phi) is 10.3.